The van der Waals surface area contributed by atoms with Crippen LogP contribution in [0.25, 0.3) is 0 Å². The molecule has 3 heteroatoms. The molecule has 70 valence electrons. The van der Waals surface area contributed by atoms with Gasteiger partial charge in [0.25, 0.3) is 0 Å². The SMILES string of the molecule is Cc1cc(OCC2CC2)nc(C)n1. The molecule has 1 aromatic heterocycles. The van der Waals surface area contributed by atoms with Crippen molar-refractivity contribution in [3.63, 3.8) is 0 Å². The van der Waals surface area contributed by atoms with Gasteiger partial charge in [-0.2, -0.15) is 4.98 Å². The van der Waals surface area contributed by atoms with Gasteiger partial charge in [0.15, 0.2) is 0 Å². The van der Waals surface area contributed by atoms with E-state index in [0.717, 1.165) is 29.9 Å². The highest BCUT2D eigenvalue weighted by molar-refractivity contribution is 5.14. The van der Waals surface area contributed by atoms with Gasteiger partial charge in [-0.3, -0.25) is 0 Å². The van der Waals surface area contributed by atoms with E-state index in [2.05, 4.69) is 9.97 Å². The first-order valence-electron chi connectivity index (χ1n) is 4.69. The summed E-state index contributed by atoms with van der Waals surface area (Å²) in [5.74, 6) is 2.28. The minimum Gasteiger partial charge on any atom is -0.477 e. The fourth-order valence-electron chi connectivity index (χ4n) is 1.24. The third kappa shape index (κ3) is 2.41. The summed E-state index contributed by atoms with van der Waals surface area (Å²) in [4.78, 5) is 8.39. The largest absolute Gasteiger partial charge is 0.477 e. The van der Waals surface area contributed by atoms with E-state index in [-0.39, 0.29) is 0 Å². The Morgan fingerprint density at radius 2 is 2.15 bits per heavy atom. The Hall–Kier alpha value is -1.12. The Labute approximate surface area is 78.2 Å². The van der Waals surface area contributed by atoms with Crippen molar-refractivity contribution >= 4 is 0 Å². The van der Waals surface area contributed by atoms with E-state index in [0.29, 0.717) is 0 Å². The van der Waals surface area contributed by atoms with E-state index in [4.69, 9.17) is 4.74 Å². The Balaban J connectivity index is 2.01. The Kier molecular flexibility index (Phi) is 2.17. The first-order valence-corrected chi connectivity index (χ1v) is 4.69. The summed E-state index contributed by atoms with van der Waals surface area (Å²) in [5, 5.41) is 0. The number of ether oxygens (including phenoxy) is 1. The van der Waals surface area contributed by atoms with Gasteiger partial charge in [-0.1, -0.05) is 0 Å². The summed E-state index contributed by atoms with van der Waals surface area (Å²) in [6.45, 7) is 4.66. The maximum absolute atomic E-state index is 5.54. The topological polar surface area (TPSA) is 35.0 Å². The molecule has 0 radical (unpaired) electrons. The van der Waals surface area contributed by atoms with Crippen LogP contribution in [0, 0.1) is 19.8 Å². The normalized spacial score (nSPS) is 15.8. The lowest BCUT2D eigenvalue weighted by atomic mass is 10.4. The molecule has 0 atom stereocenters. The number of hydrogen-bond acceptors (Lipinski definition) is 3. The van der Waals surface area contributed by atoms with Crippen molar-refractivity contribution in [1.82, 2.24) is 9.97 Å². The zero-order valence-corrected chi connectivity index (χ0v) is 8.08. The lowest BCUT2D eigenvalue weighted by Gasteiger charge is -2.04. The zero-order chi connectivity index (χ0) is 9.26. The van der Waals surface area contributed by atoms with Crippen LogP contribution in [0.1, 0.15) is 24.4 Å². The van der Waals surface area contributed by atoms with E-state index < -0.39 is 0 Å². The lowest BCUT2D eigenvalue weighted by Crippen LogP contribution is -2.02. The second-order valence-electron chi connectivity index (χ2n) is 3.65. The molecule has 1 aliphatic rings. The minimum absolute atomic E-state index is 0.719. The van der Waals surface area contributed by atoms with Gasteiger partial charge in [0.1, 0.15) is 5.82 Å². The summed E-state index contributed by atoms with van der Waals surface area (Å²) in [7, 11) is 0. The van der Waals surface area contributed by atoms with Crippen LogP contribution < -0.4 is 4.74 Å². The number of nitrogens with zero attached hydrogens (tertiary/aromatic N) is 2. The molecule has 1 fully saturated rings. The second kappa shape index (κ2) is 3.32. The molecule has 3 nitrogen and oxygen atoms in total. The number of aryl methyl sites for hydroxylation is 2. The van der Waals surface area contributed by atoms with Gasteiger partial charge in [-0.25, -0.2) is 4.98 Å². The Morgan fingerprint density at radius 1 is 1.38 bits per heavy atom. The predicted molar refractivity (Wildman–Crippen MR) is 49.7 cm³/mol. The molecule has 2 rings (SSSR count). The van der Waals surface area contributed by atoms with Crippen molar-refractivity contribution < 1.29 is 4.74 Å². The summed E-state index contributed by atoms with van der Waals surface area (Å²) in [6, 6.07) is 1.88. The first kappa shape index (κ1) is 8.48. The van der Waals surface area contributed by atoms with Crippen LogP contribution in [0.4, 0.5) is 0 Å². The summed E-state index contributed by atoms with van der Waals surface area (Å²) < 4.78 is 5.54. The van der Waals surface area contributed by atoms with Crippen molar-refractivity contribution in [2.75, 3.05) is 6.61 Å². The summed E-state index contributed by atoms with van der Waals surface area (Å²) >= 11 is 0. The Bertz CT molecular complexity index is 288. The van der Waals surface area contributed by atoms with E-state index in [1.54, 1.807) is 0 Å². The molecule has 0 spiro atoms. The highest BCUT2D eigenvalue weighted by Gasteiger charge is 2.22. The number of aromatic nitrogens is 2. The molecular formula is C10H14N2O. The van der Waals surface area contributed by atoms with Crippen molar-refractivity contribution in [2.45, 2.75) is 26.7 Å². The molecule has 13 heavy (non-hydrogen) atoms. The van der Waals surface area contributed by atoms with Gasteiger partial charge in [0.05, 0.1) is 6.61 Å². The average Bonchev–Trinajstić information content (AvgIpc) is 2.81. The zero-order valence-electron chi connectivity index (χ0n) is 8.08. The van der Waals surface area contributed by atoms with Crippen LogP contribution in [0.2, 0.25) is 0 Å². The van der Waals surface area contributed by atoms with Crippen LogP contribution in [-0.4, -0.2) is 16.6 Å². The third-order valence-corrected chi connectivity index (χ3v) is 2.11. The first-order chi connectivity index (χ1) is 6.24. The number of hydrogen-bond donors (Lipinski definition) is 0. The highest BCUT2D eigenvalue weighted by Crippen LogP contribution is 2.29. The third-order valence-electron chi connectivity index (χ3n) is 2.11. The summed E-state index contributed by atoms with van der Waals surface area (Å²) in [5.41, 5.74) is 0.971. The van der Waals surface area contributed by atoms with Gasteiger partial charge in [-0.05, 0) is 32.6 Å². The van der Waals surface area contributed by atoms with E-state index in [1.165, 1.54) is 12.8 Å². The van der Waals surface area contributed by atoms with Gasteiger partial charge < -0.3 is 4.74 Å². The van der Waals surface area contributed by atoms with Gasteiger partial charge in [0, 0.05) is 11.8 Å². The summed E-state index contributed by atoms with van der Waals surface area (Å²) in [6.07, 6.45) is 2.62. The molecule has 1 saturated carbocycles. The van der Waals surface area contributed by atoms with Crippen molar-refractivity contribution in [3.8, 4) is 5.88 Å². The fraction of sp³-hybridized carbons (Fsp3) is 0.600. The van der Waals surface area contributed by atoms with Crippen molar-refractivity contribution in [3.05, 3.63) is 17.6 Å². The molecule has 0 amide bonds. The standard InChI is InChI=1S/C10H14N2O/c1-7-5-10(12-8(2)11-7)13-6-9-3-4-9/h5,9H,3-4,6H2,1-2H3. The molecule has 1 aliphatic carbocycles. The Morgan fingerprint density at radius 3 is 2.77 bits per heavy atom. The molecule has 1 heterocycles. The van der Waals surface area contributed by atoms with Crippen LogP contribution in [-0.2, 0) is 0 Å². The molecule has 0 aromatic carbocycles. The van der Waals surface area contributed by atoms with Gasteiger partial charge in [0.2, 0.25) is 5.88 Å². The predicted octanol–water partition coefficient (Wildman–Crippen LogP) is 1.88. The van der Waals surface area contributed by atoms with Crippen LogP contribution in [0.3, 0.4) is 0 Å². The minimum atomic E-state index is 0.719. The van der Waals surface area contributed by atoms with Crippen molar-refractivity contribution in [2.24, 2.45) is 5.92 Å². The van der Waals surface area contributed by atoms with Gasteiger partial charge >= 0.3 is 0 Å². The lowest BCUT2D eigenvalue weighted by molar-refractivity contribution is 0.287. The van der Waals surface area contributed by atoms with Crippen LogP contribution in [0.15, 0.2) is 6.07 Å². The van der Waals surface area contributed by atoms with Crippen LogP contribution in [0.5, 0.6) is 5.88 Å². The smallest absolute Gasteiger partial charge is 0.216 e. The molecular weight excluding hydrogens is 164 g/mol. The van der Waals surface area contributed by atoms with E-state index in [1.807, 2.05) is 19.9 Å². The van der Waals surface area contributed by atoms with Crippen LogP contribution >= 0.6 is 0 Å². The highest BCUT2D eigenvalue weighted by atomic mass is 16.5. The molecule has 0 bridgehead atoms. The second-order valence-corrected chi connectivity index (χ2v) is 3.65. The quantitative estimate of drug-likeness (QED) is 0.708. The molecule has 0 unspecified atom stereocenters. The van der Waals surface area contributed by atoms with E-state index >= 15 is 0 Å². The maximum Gasteiger partial charge on any atom is 0.216 e. The maximum atomic E-state index is 5.54. The average molecular weight is 178 g/mol. The molecule has 0 aliphatic heterocycles. The molecule has 0 saturated heterocycles. The molecule has 1 aromatic rings. The number of rotatable bonds is 3. The monoisotopic (exact) mass is 178 g/mol. The van der Waals surface area contributed by atoms with Crippen molar-refractivity contribution in [1.29, 1.82) is 0 Å². The van der Waals surface area contributed by atoms with Gasteiger partial charge in [-0.15, -0.1) is 0 Å². The molecule has 0 N–H and O–H groups in total. The fourth-order valence-corrected chi connectivity index (χ4v) is 1.24. The van der Waals surface area contributed by atoms with E-state index in [9.17, 15) is 0 Å².